The molecule has 0 N–H and O–H groups in total. The first kappa shape index (κ1) is 16.4. The van der Waals surface area contributed by atoms with Gasteiger partial charge < -0.3 is 4.90 Å². The van der Waals surface area contributed by atoms with E-state index in [0.717, 1.165) is 18.7 Å². The molecule has 0 spiro atoms. The molecule has 7 nitrogen and oxygen atoms in total. The average Bonchev–Trinajstić information content (AvgIpc) is 2.54. The van der Waals surface area contributed by atoms with Crippen LogP contribution in [-0.2, 0) is 10.0 Å². The molecular weight excluding hydrogens is 306 g/mol. The van der Waals surface area contributed by atoms with E-state index in [1.165, 1.54) is 4.31 Å². The predicted octanol–water partition coefficient (Wildman–Crippen LogP) is 0.702. The number of sulfonamides is 1. The van der Waals surface area contributed by atoms with Crippen LogP contribution in [-0.4, -0.2) is 55.3 Å². The number of likely N-dealkylation sites (N-methyl/N-ethyl adjacent to an activating group) is 1. The molecule has 0 aliphatic carbocycles. The van der Waals surface area contributed by atoms with Gasteiger partial charge in [0.05, 0.1) is 9.82 Å². The summed E-state index contributed by atoms with van der Waals surface area (Å²) in [6.07, 6.45) is 5.23. The van der Waals surface area contributed by atoms with Gasteiger partial charge in [-0.2, -0.15) is 4.31 Å². The zero-order valence-electron chi connectivity index (χ0n) is 12.2. The number of nitro benzene ring substituents is 1. The third kappa shape index (κ3) is 3.27. The van der Waals surface area contributed by atoms with Crippen molar-refractivity contribution in [2.45, 2.75) is 11.8 Å². The number of rotatable bonds is 4. The molecule has 1 aromatic carbocycles. The summed E-state index contributed by atoms with van der Waals surface area (Å²) in [7, 11) is -3.83. The van der Waals surface area contributed by atoms with Crippen molar-refractivity contribution in [2.75, 3.05) is 32.7 Å². The standard InChI is InChI=1S/C14H16N3O4S/c1-3-12-9-13(17(18)19)11-14(10-12)22(20,21)16-7-5-15(4-2)6-8-16/h1,9,11H,4-8H2,2H3. The van der Waals surface area contributed by atoms with Crippen LogP contribution >= 0.6 is 0 Å². The van der Waals surface area contributed by atoms with Crippen molar-refractivity contribution >= 4 is 15.7 Å². The number of nitrogens with zero attached hydrogens (tertiary/aromatic N) is 3. The van der Waals surface area contributed by atoms with Gasteiger partial charge in [-0.25, -0.2) is 8.42 Å². The molecule has 2 rings (SSSR count). The number of non-ortho nitro benzene ring substituents is 1. The van der Waals surface area contributed by atoms with Crippen LogP contribution in [0.3, 0.4) is 0 Å². The fraction of sp³-hybridized carbons (Fsp3) is 0.429. The van der Waals surface area contributed by atoms with E-state index in [9.17, 15) is 18.5 Å². The van der Waals surface area contributed by atoms with Crippen molar-refractivity contribution in [2.24, 2.45) is 0 Å². The second-order valence-corrected chi connectivity index (χ2v) is 6.76. The van der Waals surface area contributed by atoms with Crippen LogP contribution in [0, 0.1) is 28.5 Å². The van der Waals surface area contributed by atoms with Crippen molar-refractivity contribution in [3.8, 4) is 12.3 Å². The number of terminal acetylenes is 1. The molecule has 8 heteroatoms. The average molecular weight is 322 g/mol. The normalized spacial score (nSPS) is 17.1. The Kier molecular flexibility index (Phi) is 4.81. The highest BCUT2D eigenvalue weighted by atomic mass is 32.2. The highest BCUT2D eigenvalue weighted by molar-refractivity contribution is 7.89. The Morgan fingerprint density at radius 1 is 1.36 bits per heavy atom. The van der Waals surface area contributed by atoms with E-state index in [-0.39, 0.29) is 16.1 Å². The zero-order chi connectivity index (χ0) is 16.3. The number of hydrogen-bond acceptors (Lipinski definition) is 5. The molecule has 0 saturated carbocycles. The van der Waals surface area contributed by atoms with Gasteiger partial charge in [0.2, 0.25) is 10.0 Å². The topological polar surface area (TPSA) is 83.8 Å². The molecule has 1 saturated heterocycles. The molecule has 22 heavy (non-hydrogen) atoms. The molecule has 0 unspecified atom stereocenters. The molecule has 1 radical (unpaired) electrons. The summed E-state index contributed by atoms with van der Waals surface area (Å²) >= 11 is 0. The van der Waals surface area contributed by atoms with E-state index in [2.05, 4.69) is 16.9 Å². The van der Waals surface area contributed by atoms with Gasteiger partial charge in [0.15, 0.2) is 0 Å². The highest BCUT2D eigenvalue weighted by Crippen LogP contribution is 2.23. The maximum absolute atomic E-state index is 12.6. The Hall–Kier alpha value is -1.95. The summed E-state index contributed by atoms with van der Waals surface area (Å²) in [5, 5.41) is 10.9. The maximum Gasteiger partial charge on any atom is 0.272 e. The fourth-order valence-corrected chi connectivity index (χ4v) is 3.71. The molecule has 1 heterocycles. The minimum atomic E-state index is -3.83. The number of nitro groups is 1. The Morgan fingerprint density at radius 2 is 2.00 bits per heavy atom. The van der Waals surface area contributed by atoms with Crippen molar-refractivity contribution in [3.05, 3.63) is 33.9 Å². The van der Waals surface area contributed by atoms with Crippen molar-refractivity contribution in [3.63, 3.8) is 0 Å². The molecule has 0 atom stereocenters. The van der Waals surface area contributed by atoms with Crippen molar-refractivity contribution in [1.82, 2.24) is 9.21 Å². The zero-order valence-corrected chi connectivity index (χ0v) is 13.0. The number of hydrogen-bond donors (Lipinski definition) is 0. The maximum atomic E-state index is 12.6. The quantitative estimate of drug-likeness (QED) is 0.463. The first-order valence-electron chi connectivity index (χ1n) is 6.79. The van der Waals surface area contributed by atoms with Crippen molar-refractivity contribution < 1.29 is 13.3 Å². The van der Waals surface area contributed by atoms with Crippen LogP contribution < -0.4 is 0 Å². The van der Waals surface area contributed by atoms with E-state index in [0.29, 0.717) is 26.2 Å². The van der Waals surface area contributed by atoms with Crippen LogP contribution in [0.1, 0.15) is 12.5 Å². The first-order valence-corrected chi connectivity index (χ1v) is 8.23. The largest absolute Gasteiger partial charge is 0.301 e. The van der Waals surface area contributed by atoms with Gasteiger partial charge >= 0.3 is 0 Å². The van der Waals surface area contributed by atoms with E-state index in [1.807, 2.05) is 6.92 Å². The number of benzene rings is 1. The third-order valence-corrected chi connectivity index (χ3v) is 5.41. The van der Waals surface area contributed by atoms with Gasteiger partial charge in [0, 0.05) is 49.9 Å². The minimum Gasteiger partial charge on any atom is -0.301 e. The second kappa shape index (κ2) is 6.44. The monoisotopic (exact) mass is 322 g/mol. The van der Waals surface area contributed by atoms with Crippen molar-refractivity contribution in [1.29, 1.82) is 0 Å². The molecule has 1 aliphatic heterocycles. The van der Waals surface area contributed by atoms with Crippen LogP contribution in [0.15, 0.2) is 17.0 Å². The van der Waals surface area contributed by atoms with Crippen LogP contribution in [0.25, 0.3) is 0 Å². The summed E-state index contributed by atoms with van der Waals surface area (Å²) < 4.78 is 26.5. The molecule has 1 aliphatic rings. The Labute approximate surface area is 129 Å². The smallest absolute Gasteiger partial charge is 0.272 e. The highest BCUT2D eigenvalue weighted by Gasteiger charge is 2.29. The van der Waals surface area contributed by atoms with E-state index >= 15 is 0 Å². The van der Waals surface area contributed by atoms with E-state index in [1.54, 1.807) is 0 Å². The van der Waals surface area contributed by atoms with Gasteiger partial charge in [0.25, 0.3) is 5.69 Å². The summed E-state index contributed by atoms with van der Waals surface area (Å²) in [4.78, 5) is 12.1. The van der Waals surface area contributed by atoms with Crippen LogP contribution in [0.5, 0.6) is 0 Å². The SMILES string of the molecule is C#Cc1[c]c(S(=O)(=O)N2CCN(CC)CC2)cc([N+](=O)[O-])c1. The lowest BCUT2D eigenvalue weighted by atomic mass is 10.2. The Bertz CT molecular complexity index is 716. The first-order chi connectivity index (χ1) is 10.4. The van der Waals surface area contributed by atoms with E-state index in [4.69, 9.17) is 6.42 Å². The summed E-state index contributed by atoms with van der Waals surface area (Å²) in [5.74, 6) is 2.20. The fourth-order valence-electron chi connectivity index (χ4n) is 2.28. The van der Waals surface area contributed by atoms with E-state index < -0.39 is 14.9 Å². The second-order valence-electron chi connectivity index (χ2n) is 4.86. The lowest BCUT2D eigenvalue weighted by molar-refractivity contribution is -0.385. The molecular formula is C14H16N3O4S. The van der Waals surface area contributed by atoms with Gasteiger partial charge in [-0.1, -0.05) is 12.8 Å². The van der Waals surface area contributed by atoms with Crippen LogP contribution in [0.2, 0.25) is 0 Å². The molecule has 1 fully saturated rings. The number of piperazine rings is 1. The lowest BCUT2D eigenvalue weighted by Gasteiger charge is -2.33. The minimum absolute atomic E-state index is 0.0555. The third-order valence-electron chi connectivity index (χ3n) is 3.59. The molecule has 117 valence electrons. The molecule has 0 bridgehead atoms. The van der Waals surface area contributed by atoms with Crippen LogP contribution in [0.4, 0.5) is 5.69 Å². The molecule has 0 aromatic heterocycles. The molecule has 1 aromatic rings. The van der Waals surface area contributed by atoms with Gasteiger partial charge in [-0.15, -0.1) is 6.42 Å². The predicted molar refractivity (Wildman–Crippen MR) is 80.7 cm³/mol. The van der Waals surface area contributed by atoms with Gasteiger partial charge in [0.1, 0.15) is 0 Å². The summed E-state index contributed by atoms with van der Waals surface area (Å²) in [6, 6.07) is 4.70. The van der Waals surface area contributed by atoms with Gasteiger partial charge in [-0.3, -0.25) is 10.1 Å². The summed E-state index contributed by atoms with van der Waals surface area (Å²) in [6.45, 7) is 4.82. The Balaban J connectivity index is 2.36. The Morgan fingerprint density at radius 3 is 2.50 bits per heavy atom. The van der Waals surface area contributed by atoms with Gasteiger partial charge in [-0.05, 0) is 6.54 Å². The lowest BCUT2D eigenvalue weighted by Crippen LogP contribution is -2.48. The molecule has 0 amide bonds. The summed E-state index contributed by atoms with van der Waals surface area (Å²) in [5.41, 5.74) is -0.294.